The summed E-state index contributed by atoms with van der Waals surface area (Å²) >= 11 is 0. The van der Waals surface area contributed by atoms with Crippen LogP contribution in [-0.2, 0) is 6.54 Å². The van der Waals surface area contributed by atoms with E-state index in [0.29, 0.717) is 17.7 Å². The first-order valence-corrected chi connectivity index (χ1v) is 5.50. The molecule has 0 aliphatic rings. The number of fused-ring (bicyclic) bond motifs is 1. The molecule has 1 aromatic heterocycles. The highest BCUT2D eigenvalue weighted by Crippen LogP contribution is 2.22. The molecular formula is C14H12N2O2. The van der Waals surface area contributed by atoms with Gasteiger partial charge in [0.25, 0.3) is 5.56 Å². The van der Waals surface area contributed by atoms with Crippen molar-refractivity contribution in [3.05, 3.63) is 53.5 Å². The zero-order valence-corrected chi connectivity index (χ0v) is 9.80. The van der Waals surface area contributed by atoms with E-state index in [1.807, 2.05) is 12.1 Å². The van der Waals surface area contributed by atoms with Crippen LogP contribution in [0.2, 0.25) is 0 Å². The summed E-state index contributed by atoms with van der Waals surface area (Å²) in [5.74, 6) is 0.553. The number of aromatic nitrogens is 1. The molecule has 2 rings (SSSR count). The zero-order chi connectivity index (χ0) is 13.0. The number of nitrogens with zero attached hydrogens (tertiary/aromatic N) is 2. The van der Waals surface area contributed by atoms with Crippen LogP contribution < -0.4 is 10.3 Å². The third-order valence-corrected chi connectivity index (χ3v) is 2.60. The lowest BCUT2D eigenvalue weighted by Crippen LogP contribution is -2.18. The number of rotatable bonds is 4. The number of allylic oxidation sites excluding steroid dienone is 1. The van der Waals surface area contributed by atoms with Crippen LogP contribution in [0.1, 0.15) is 0 Å². The number of hydrogen-bond donors (Lipinski definition) is 0. The molecule has 0 atom stereocenters. The van der Waals surface area contributed by atoms with Gasteiger partial charge in [-0.15, -0.1) is 6.58 Å². The van der Waals surface area contributed by atoms with Gasteiger partial charge in [0.05, 0.1) is 5.39 Å². The van der Waals surface area contributed by atoms with Gasteiger partial charge in [0, 0.05) is 18.1 Å². The first kappa shape index (κ1) is 11.9. The molecule has 0 unspecified atom stereocenters. The fourth-order valence-electron chi connectivity index (χ4n) is 1.81. The molecule has 18 heavy (non-hydrogen) atoms. The van der Waals surface area contributed by atoms with Crippen LogP contribution in [0.15, 0.2) is 47.9 Å². The van der Waals surface area contributed by atoms with Gasteiger partial charge in [-0.3, -0.25) is 4.79 Å². The number of ether oxygens (including phenoxy) is 1. The molecule has 0 N–H and O–H groups in total. The van der Waals surface area contributed by atoms with Crippen LogP contribution >= 0.6 is 0 Å². The van der Waals surface area contributed by atoms with Gasteiger partial charge in [0.15, 0.2) is 6.61 Å². The SMILES string of the molecule is C=CCn1ccc2c(OCC#N)cccc2c1=O. The normalized spacial score (nSPS) is 9.94. The third kappa shape index (κ3) is 2.11. The highest BCUT2D eigenvalue weighted by molar-refractivity contribution is 5.87. The second-order valence-electron chi connectivity index (χ2n) is 3.73. The lowest BCUT2D eigenvalue weighted by Gasteiger charge is -2.08. The van der Waals surface area contributed by atoms with Crippen molar-refractivity contribution in [3.63, 3.8) is 0 Å². The molecule has 0 aliphatic heterocycles. The van der Waals surface area contributed by atoms with E-state index >= 15 is 0 Å². The Hall–Kier alpha value is -2.54. The first-order chi connectivity index (χ1) is 8.77. The second-order valence-corrected chi connectivity index (χ2v) is 3.73. The van der Waals surface area contributed by atoms with Gasteiger partial charge in [-0.05, 0) is 18.2 Å². The Balaban J connectivity index is 2.59. The molecule has 4 heteroatoms. The van der Waals surface area contributed by atoms with Crippen molar-refractivity contribution in [3.8, 4) is 11.8 Å². The molecule has 90 valence electrons. The maximum Gasteiger partial charge on any atom is 0.258 e. The van der Waals surface area contributed by atoms with Crippen LogP contribution in [0, 0.1) is 11.3 Å². The van der Waals surface area contributed by atoms with Gasteiger partial charge < -0.3 is 9.30 Å². The van der Waals surface area contributed by atoms with E-state index in [9.17, 15) is 4.79 Å². The van der Waals surface area contributed by atoms with Gasteiger partial charge in [-0.25, -0.2) is 0 Å². The van der Waals surface area contributed by atoms with Crippen LogP contribution in [-0.4, -0.2) is 11.2 Å². The molecule has 4 nitrogen and oxygen atoms in total. The highest BCUT2D eigenvalue weighted by atomic mass is 16.5. The number of hydrogen-bond acceptors (Lipinski definition) is 3. The summed E-state index contributed by atoms with van der Waals surface area (Å²) in [6, 6.07) is 8.96. The molecule has 0 aliphatic carbocycles. The lowest BCUT2D eigenvalue weighted by atomic mass is 10.1. The molecular weight excluding hydrogens is 228 g/mol. The average molecular weight is 240 g/mol. The fraction of sp³-hybridized carbons (Fsp3) is 0.143. The van der Waals surface area contributed by atoms with Crippen molar-refractivity contribution < 1.29 is 4.74 Å². The summed E-state index contributed by atoms with van der Waals surface area (Å²) < 4.78 is 6.87. The van der Waals surface area contributed by atoms with E-state index < -0.39 is 0 Å². The molecule has 0 fully saturated rings. The number of nitriles is 1. The van der Waals surface area contributed by atoms with E-state index in [1.54, 1.807) is 35.0 Å². The lowest BCUT2D eigenvalue weighted by molar-refractivity contribution is 0.372. The summed E-state index contributed by atoms with van der Waals surface area (Å²) in [5, 5.41) is 9.82. The summed E-state index contributed by atoms with van der Waals surface area (Å²) in [7, 11) is 0. The van der Waals surface area contributed by atoms with Crippen LogP contribution in [0.25, 0.3) is 10.8 Å². The van der Waals surface area contributed by atoms with Gasteiger partial charge >= 0.3 is 0 Å². The standard InChI is InChI=1S/C14H12N2O2/c1-2-8-16-9-6-11-12(14(16)17)4-3-5-13(11)18-10-7-15/h2-6,9H,1,8,10H2. The van der Waals surface area contributed by atoms with Crippen molar-refractivity contribution in [2.75, 3.05) is 6.61 Å². The van der Waals surface area contributed by atoms with E-state index in [4.69, 9.17) is 10.00 Å². The molecule has 2 aromatic rings. The van der Waals surface area contributed by atoms with E-state index in [0.717, 1.165) is 5.39 Å². The van der Waals surface area contributed by atoms with E-state index in [1.165, 1.54) is 0 Å². The maximum absolute atomic E-state index is 12.1. The van der Waals surface area contributed by atoms with Crippen LogP contribution in [0.4, 0.5) is 0 Å². The summed E-state index contributed by atoms with van der Waals surface area (Å²) in [5.41, 5.74) is -0.0881. The maximum atomic E-state index is 12.1. The quantitative estimate of drug-likeness (QED) is 0.769. The summed E-state index contributed by atoms with van der Waals surface area (Å²) in [4.78, 5) is 12.1. The van der Waals surface area contributed by atoms with E-state index in [-0.39, 0.29) is 12.2 Å². The molecule has 1 heterocycles. The van der Waals surface area contributed by atoms with Gasteiger partial charge in [0.1, 0.15) is 11.8 Å². The van der Waals surface area contributed by atoms with Crippen molar-refractivity contribution in [1.29, 1.82) is 5.26 Å². The predicted molar refractivity (Wildman–Crippen MR) is 69.5 cm³/mol. The summed E-state index contributed by atoms with van der Waals surface area (Å²) in [6.45, 7) is 4.05. The molecule has 0 saturated heterocycles. The predicted octanol–water partition coefficient (Wildman–Crippen LogP) is 2.09. The van der Waals surface area contributed by atoms with Crippen LogP contribution in [0.3, 0.4) is 0 Å². The topological polar surface area (TPSA) is 55.0 Å². The van der Waals surface area contributed by atoms with Gasteiger partial charge in [-0.1, -0.05) is 12.1 Å². The minimum Gasteiger partial charge on any atom is -0.478 e. The van der Waals surface area contributed by atoms with Crippen molar-refractivity contribution in [2.45, 2.75) is 6.54 Å². The van der Waals surface area contributed by atoms with Crippen LogP contribution in [0.5, 0.6) is 5.75 Å². The van der Waals surface area contributed by atoms with Crippen molar-refractivity contribution in [2.24, 2.45) is 0 Å². The zero-order valence-electron chi connectivity index (χ0n) is 9.80. The van der Waals surface area contributed by atoms with E-state index in [2.05, 4.69) is 6.58 Å². The molecule has 0 bridgehead atoms. The first-order valence-electron chi connectivity index (χ1n) is 5.50. The smallest absolute Gasteiger partial charge is 0.258 e. The summed E-state index contributed by atoms with van der Waals surface area (Å²) in [6.07, 6.45) is 3.37. The number of benzene rings is 1. The average Bonchev–Trinajstić information content (AvgIpc) is 2.40. The van der Waals surface area contributed by atoms with Gasteiger partial charge in [0.2, 0.25) is 0 Å². The Labute approximate surface area is 104 Å². The Morgan fingerprint density at radius 1 is 1.39 bits per heavy atom. The Bertz CT molecular complexity index is 680. The Morgan fingerprint density at radius 3 is 2.94 bits per heavy atom. The largest absolute Gasteiger partial charge is 0.478 e. The molecule has 0 spiro atoms. The molecule has 0 saturated carbocycles. The van der Waals surface area contributed by atoms with Crippen molar-refractivity contribution >= 4 is 10.8 Å². The fourth-order valence-corrected chi connectivity index (χ4v) is 1.81. The minimum absolute atomic E-state index is 0.0329. The van der Waals surface area contributed by atoms with Crippen molar-refractivity contribution in [1.82, 2.24) is 4.57 Å². The molecule has 1 aromatic carbocycles. The molecule has 0 amide bonds. The number of pyridine rings is 1. The highest BCUT2D eigenvalue weighted by Gasteiger charge is 2.06. The minimum atomic E-state index is -0.0881. The third-order valence-electron chi connectivity index (χ3n) is 2.60. The second kappa shape index (κ2) is 5.19. The monoisotopic (exact) mass is 240 g/mol. The van der Waals surface area contributed by atoms with Gasteiger partial charge in [-0.2, -0.15) is 5.26 Å². The Kier molecular flexibility index (Phi) is 3.44. The molecule has 0 radical (unpaired) electrons. The Morgan fingerprint density at radius 2 is 2.22 bits per heavy atom.